The fourth-order valence-corrected chi connectivity index (χ4v) is 4.99. The van der Waals surface area contributed by atoms with E-state index in [4.69, 9.17) is 4.74 Å². The highest BCUT2D eigenvalue weighted by molar-refractivity contribution is 7.14. The van der Waals surface area contributed by atoms with E-state index in [0.717, 1.165) is 72.7 Å². The molecule has 0 atom stereocenters. The quantitative estimate of drug-likeness (QED) is 0.346. The van der Waals surface area contributed by atoms with Crippen LogP contribution in [0.3, 0.4) is 0 Å². The molecule has 1 amide bonds. The highest BCUT2D eigenvalue weighted by Crippen LogP contribution is 2.30. The minimum atomic E-state index is -0.0984. The second-order valence-corrected chi connectivity index (χ2v) is 9.72. The number of nitrogens with zero attached hydrogens (tertiary/aromatic N) is 4. The molecule has 0 aliphatic carbocycles. The number of fused-ring (bicyclic) bond motifs is 1. The second kappa shape index (κ2) is 11.0. The molecule has 1 aromatic carbocycles. The number of amides is 1. The Labute approximate surface area is 209 Å². The number of thiazole rings is 1. The third-order valence-corrected chi connectivity index (χ3v) is 6.98. The van der Waals surface area contributed by atoms with Crippen molar-refractivity contribution in [1.29, 1.82) is 0 Å². The zero-order valence-electron chi connectivity index (χ0n) is 19.9. The Hall–Kier alpha value is -3.27. The lowest BCUT2D eigenvalue weighted by Crippen LogP contribution is -2.44. The van der Waals surface area contributed by atoms with E-state index in [0.29, 0.717) is 11.7 Å². The molecule has 0 bridgehead atoms. The summed E-state index contributed by atoms with van der Waals surface area (Å²) in [4.78, 5) is 29.6. The third kappa shape index (κ3) is 6.05. The summed E-state index contributed by atoms with van der Waals surface area (Å²) >= 11 is 1.42. The predicted molar refractivity (Wildman–Crippen MR) is 140 cm³/mol. The number of carbonyl (C=O) groups is 1. The van der Waals surface area contributed by atoms with Crippen molar-refractivity contribution in [2.45, 2.75) is 12.8 Å². The predicted octanol–water partition coefficient (Wildman–Crippen LogP) is 3.88. The molecule has 0 unspecified atom stereocenters. The van der Waals surface area contributed by atoms with Gasteiger partial charge in [-0.25, -0.2) is 9.97 Å². The van der Waals surface area contributed by atoms with Gasteiger partial charge in [-0.2, -0.15) is 0 Å². The lowest BCUT2D eigenvalue weighted by atomic mass is 10.1. The minimum Gasteiger partial charge on any atom is -0.494 e. The maximum atomic E-state index is 12.6. The molecular weight excluding hydrogens is 460 g/mol. The van der Waals surface area contributed by atoms with Crippen molar-refractivity contribution in [3.05, 3.63) is 59.7 Å². The topological polar surface area (TPSA) is 86.4 Å². The van der Waals surface area contributed by atoms with Gasteiger partial charge in [-0.3, -0.25) is 4.79 Å². The molecule has 1 saturated heterocycles. The Morgan fingerprint density at radius 3 is 2.97 bits per heavy atom. The van der Waals surface area contributed by atoms with E-state index in [9.17, 15) is 4.79 Å². The van der Waals surface area contributed by atoms with Gasteiger partial charge in [0.15, 0.2) is 5.13 Å². The van der Waals surface area contributed by atoms with Gasteiger partial charge in [0.1, 0.15) is 11.4 Å². The van der Waals surface area contributed by atoms with Gasteiger partial charge in [0.2, 0.25) is 5.91 Å². The average Bonchev–Trinajstić information content (AvgIpc) is 3.50. The second-order valence-electron chi connectivity index (χ2n) is 8.86. The fourth-order valence-electron chi connectivity index (χ4n) is 4.27. The number of hydrogen-bond acceptors (Lipinski definition) is 7. The fraction of sp³-hybridized carbons (Fsp3) is 0.346. The highest BCUT2D eigenvalue weighted by atomic mass is 32.1. The van der Waals surface area contributed by atoms with Crippen LogP contribution in [0.15, 0.2) is 54.2 Å². The van der Waals surface area contributed by atoms with Crippen LogP contribution in [0.5, 0.6) is 5.75 Å². The van der Waals surface area contributed by atoms with Crippen LogP contribution in [-0.2, 0) is 11.2 Å². The van der Waals surface area contributed by atoms with Gasteiger partial charge < -0.3 is 24.8 Å². The number of aromatic amines is 1. The van der Waals surface area contributed by atoms with Crippen molar-refractivity contribution in [3.63, 3.8) is 0 Å². The van der Waals surface area contributed by atoms with Crippen molar-refractivity contribution in [2.24, 2.45) is 0 Å². The number of hydrogen-bond donors (Lipinski definition) is 2. The first kappa shape index (κ1) is 23.5. The number of pyridine rings is 1. The Kier molecular flexibility index (Phi) is 7.37. The first-order valence-electron chi connectivity index (χ1n) is 11.9. The molecule has 9 heteroatoms. The molecule has 2 N–H and O–H groups in total. The highest BCUT2D eigenvalue weighted by Gasteiger charge is 2.14. The van der Waals surface area contributed by atoms with Gasteiger partial charge in [-0.1, -0.05) is 12.1 Å². The van der Waals surface area contributed by atoms with Crippen LogP contribution in [0.4, 0.5) is 5.13 Å². The molecule has 3 aromatic heterocycles. The first-order chi connectivity index (χ1) is 17.1. The number of carbonyl (C=O) groups excluding carboxylic acids is 1. The lowest BCUT2D eigenvalue weighted by molar-refractivity contribution is -0.115. The van der Waals surface area contributed by atoms with E-state index in [2.05, 4.69) is 37.1 Å². The van der Waals surface area contributed by atoms with E-state index in [-0.39, 0.29) is 12.3 Å². The number of likely N-dealkylation sites (N-methyl/N-ethyl adjacent to an activating group) is 1. The Morgan fingerprint density at radius 1 is 1.20 bits per heavy atom. The number of H-pyrrole nitrogens is 1. The smallest absolute Gasteiger partial charge is 0.230 e. The van der Waals surface area contributed by atoms with Gasteiger partial charge in [0, 0.05) is 61.4 Å². The van der Waals surface area contributed by atoms with Crippen molar-refractivity contribution < 1.29 is 9.53 Å². The minimum absolute atomic E-state index is 0.0984. The molecular formula is C26H30N6O2S. The van der Waals surface area contributed by atoms with Crippen LogP contribution in [0.1, 0.15) is 12.0 Å². The van der Waals surface area contributed by atoms with Gasteiger partial charge >= 0.3 is 0 Å². The molecule has 1 fully saturated rings. The molecule has 0 saturated carbocycles. The van der Waals surface area contributed by atoms with E-state index in [1.165, 1.54) is 11.3 Å². The Morgan fingerprint density at radius 2 is 2.09 bits per heavy atom. The monoisotopic (exact) mass is 490 g/mol. The molecule has 8 nitrogen and oxygen atoms in total. The Balaban J connectivity index is 1.11. The summed E-state index contributed by atoms with van der Waals surface area (Å²) in [5, 5.41) is 6.46. The van der Waals surface area contributed by atoms with Gasteiger partial charge in [-0.15, -0.1) is 11.3 Å². The van der Waals surface area contributed by atoms with Crippen LogP contribution in [0.25, 0.3) is 22.3 Å². The summed E-state index contributed by atoms with van der Waals surface area (Å²) in [7, 11) is 2.17. The molecule has 182 valence electrons. The van der Waals surface area contributed by atoms with Gasteiger partial charge in [-0.05, 0) is 43.3 Å². The SMILES string of the molecule is CN1CCN(CCCOc2cccc(CC(=O)Nc3nc(-c4c[nH]c5ncccc45)cs3)c2)CC1. The van der Waals surface area contributed by atoms with E-state index >= 15 is 0 Å². The first-order valence-corrected chi connectivity index (χ1v) is 12.8. The van der Waals surface area contributed by atoms with Crippen LogP contribution >= 0.6 is 11.3 Å². The number of nitrogens with one attached hydrogen (secondary N) is 2. The summed E-state index contributed by atoms with van der Waals surface area (Å²) in [6.45, 7) is 6.25. The summed E-state index contributed by atoms with van der Waals surface area (Å²) in [5.74, 6) is 0.705. The maximum Gasteiger partial charge on any atom is 0.230 e. The number of anilines is 1. The maximum absolute atomic E-state index is 12.6. The van der Waals surface area contributed by atoms with Crippen molar-refractivity contribution in [3.8, 4) is 17.0 Å². The number of benzene rings is 1. The van der Waals surface area contributed by atoms with Crippen LogP contribution in [-0.4, -0.2) is 77.0 Å². The van der Waals surface area contributed by atoms with Crippen LogP contribution in [0, 0.1) is 0 Å². The average molecular weight is 491 g/mol. The molecule has 4 aromatic rings. The number of rotatable bonds is 9. The van der Waals surface area contributed by atoms with E-state index in [1.54, 1.807) is 6.20 Å². The summed E-state index contributed by atoms with van der Waals surface area (Å²) in [5.41, 5.74) is 3.53. The molecule has 0 radical (unpaired) electrons. The number of ether oxygens (including phenoxy) is 1. The van der Waals surface area contributed by atoms with Crippen LogP contribution < -0.4 is 10.1 Å². The summed E-state index contributed by atoms with van der Waals surface area (Å²) in [6.07, 6.45) is 4.91. The number of aromatic nitrogens is 3. The standard InChI is InChI=1S/C26H30N6O2S/c1-31-10-12-32(13-11-31)9-4-14-34-20-6-2-5-19(15-20)16-24(33)30-26-29-23(18-35-26)22-17-28-25-21(22)7-3-8-27-25/h2-3,5-8,15,17-18H,4,9-14,16H2,1H3,(H,27,28)(H,29,30,33). The van der Waals surface area contributed by atoms with Crippen molar-refractivity contribution >= 4 is 33.4 Å². The molecule has 4 heterocycles. The van der Waals surface area contributed by atoms with Crippen LogP contribution in [0.2, 0.25) is 0 Å². The van der Waals surface area contributed by atoms with E-state index in [1.807, 2.05) is 48.0 Å². The number of piperazine rings is 1. The molecule has 35 heavy (non-hydrogen) atoms. The molecule has 0 spiro atoms. The van der Waals surface area contributed by atoms with Crippen molar-refractivity contribution in [1.82, 2.24) is 24.8 Å². The van der Waals surface area contributed by atoms with Crippen molar-refractivity contribution in [2.75, 3.05) is 51.7 Å². The normalized spacial score (nSPS) is 14.9. The summed E-state index contributed by atoms with van der Waals surface area (Å²) in [6, 6.07) is 11.7. The molecule has 5 rings (SSSR count). The molecule has 1 aliphatic rings. The third-order valence-electron chi connectivity index (χ3n) is 6.22. The van der Waals surface area contributed by atoms with E-state index < -0.39 is 0 Å². The zero-order chi connectivity index (χ0) is 24.0. The Bertz CT molecular complexity index is 1280. The van der Waals surface area contributed by atoms with Gasteiger partial charge in [0.25, 0.3) is 0 Å². The lowest BCUT2D eigenvalue weighted by Gasteiger charge is -2.32. The largest absolute Gasteiger partial charge is 0.494 e. The molecule has 1 aliphatic heterocycles. The summed E-state index contributed by atoms with van der Waals surface area (Å²) < 4.78 is 5.95. The zero-order valence-corrected chi connectivity index (χ0v) is 20.7. The van der Waals surface area contributed by atoms with Gasteiger partial charge in [0.05, 0.1) is 18.7 Å².